The number of ether oxygens (including phenoxy) is 1. The van der Waals surface area contributed by atoms with Gasteiger partial charge in [-0.1, -0.05) is 6.07 Å². The highest BCUT2D eigenvalue weighted by Crippen LogP contribution is 2.22. The predicted molar refractivity (Wildman–Crippen MR) is 78.7 cm³/mol. The Morgan fingerprint density at radius 2 is 2.14 bits per heavy atom. The summed E-state index contributed by atoms with van der Waals surface area (Å²) >= 11 is 0. The first kappa shape index (κ1) is 15.9. The quantitative estimate of drug-likeness (QED) is 0.834. The van der Waals surface area contributed by atoms with E-state index in [0.29, 0.717) is 25.2 Å². The normalized spacial score (nSPS) is 20.2. The zero-order chi connectivity index (χ0) is 15.6. The molecule has 0 radical (unpaired) electrons. The lowest BCUT2D eigenvalue weighted by molar-refractivity contribution is 0.0599. The minimum absolute atomic E-state index is 0.119. The fourth-order valence-corrected chi connectivity index (χ4v) is 4.06. The second kappa shape index (κ2) is 6.13. The van der Waals surface area contributed by atoms with Crippen LogP contribution in [0.2, 0.25) is 0 Å². The second-order valence-corrected chi connectivity index (χ2v) is 7.03. The van der Waals surface area contributed by atoms with Gasteiger partial charge in [-0.2, -0.15) is 4.31 Å². The van der Waals surface area contributed by atoms with Crippen LogP contribution in [0.3, 0.4) is 0 Å². The van der Waals surface area contributed by atoms with Gasteiger partial charge in [-0.05, 0) is 31.5 Å². The summed E-state index contributed by atoms with van der Waals surface area (Å²) in [5.41, 5.74) is 0.968. The fourth-order valence-electron chi connectivity index (χ4n) is 2.41. The molecule has 0 amide bonds. The molecule has 0 bridgehead atoms. The van der Waals surface area contributed by atoms with Crippen molar-refractivity contribution in [3.8, 4) is 0 Å². The number of methoxy groups -OCH3 is 1. The molecule has 1 heterocycles. The van der Waals surface area contributed by atoms with Crippen LogP contribution in [0.5, 0.6) is 0 Å². The van der Waals surface area contributed by atoms with Crippen molar-refractivity contribution in [2.45, 2.75) is 24.8 Å². The van der Waals surface area contributed by atoms with Crippen LogP contribution in [-0.4, -0.2) is 51.5 Å². The Hall–Kier alpha value is -1.44. The Morgan fingerprint density at radius 3 is 2.76 bits per heavy atom. The molecular weight excluding hydrogens is 292 g/mol. The number of piperazine rings is 1. The van der Waals surface area contributed by atoms with E-state index in [9.17, 15) is 13.2 Å². The van der Waals surface area contributed by atoms with Gasteiger partial charge in [0.25, 0.3) is 0 Å². The number of esters is 1. The standard InChI is InChI=1S/C14H20N2O4S/c1-10-4-5-12(8-13(10)14(17)20-3)21(18,19)16-7-6-15-9-11(16)2/h4-5,8,11,15H,6-7,9H2,1-3H3. The summed E-state index contributed by atoms with van der Waals surface area (Å²) in [7, 11) is -2.33. The molecule has 7 heteroatoms. The molecule has 1 N–H and O–H groups in total. The average Bonchev–Trinajstić information content (AvgIpc) is 2.47. The molecule has 1 fully saturated rings. The number of nitrogens with one attached hydrogen (secondary N) is 1. The summed E-state index contributed by atoms with van der Waals surface area (Å²) in [6.45, 7) is 5.27. The zero-order valence-electron chi connectivity index (χ0n) is 12.4. The highest BCUT2D eigenvalue weighted by molar-refractivity contribution is 7.89. The van der Waals surface area contributed by atoms with Gasteiger partial charge in [-0.25, -0.2) is 13.2 Å². The Balaban J connectivity index is 2.43. The van der Waals surface area contributed by atoms with Gasteiger partial charge in [0.05, 0.1) is 17.6 Å². The van der Waals surface area contributed by atoms with Crippen molar-refractivity contribution in [2.75, 3.05) is 26.7 Å². The van der Waals surface area contributed by atoms with Crippen molar-refractivity contribution < 1.29 is 17.9 Å². The summed E-state index contributed by atoms with van der Waals surface area (Å²) in [5.74, 6) is -0.530. The molecule has 0 aromatic heterocycles. The number of benzene rings is 1. The first-order valence-electron chi connectivity index (χ1n) is 6.79. The van der Waals surface area contributed by atoms with Crippen molar-refractivity contribution in [3.63, 3.8) is 0 Å². The van der Waals surface area contributed by atoms with Crippen LogP contribution in [0.4, 0.5) is 0 Å². The van der Waals surface area contributed by atoms with E-state index in [2.05, 4.69) is 5.32 Å². The van der Waals surface area contributed by atoms with E-state index in [1.54, 1.807) is 13.0 Å². The van der Waals surface area contributed by atoms with Gasteiger partial charge in [0, 0.05) is 25.7 Å². The highest BCUT2D eigenvalue weighted by atomic mass is 32.2. The molecule has 1 saturated heterocycles. The van der Waals surface area contributed by atoms with Gasteiger partial charge < -0.3 is 10.1 Å². The first-order valence-corrected chi connectivity index (χ1v) is 8.23. The topological polar surface area (TPSA) is 75.7 Å². The number of sulfonamides is 1. The van der Waals surface area contributed by atoms with Crippen LogP contribution in [0, 0.1) is 6.92 Å². The zero-order valence-corrected chi connectivity index (χ0v) is 13.2. The number of hydrogen-bond acceptors (Lipinski definition) is 5. The summed E-state index contributed by atoms with van der Waals surface area (Å²) in [6.07, 6.45) is 0. The SMILES string of the molecule is COC(=O)c1cc(S(=O)(=O)N2CCNCC2C)ccc1C. The van der Waals surface area contributed by atoms with Gasteiger partial charge in [-0.3, -0.25) is 0 Å². The third-order valence-electron chi connectivity index (χ3n) is 3.66. The van der Waals surface area contributed by atoms with E-state index in [1.807, 2.05) is 6.92 Å². The van der Waals surface area contributed by atoms with E-state index in [0.717, 1.165) is 0 Å². The van der Waals surface area contributed by atoms with Crippen molar-refractivity contribution in [1.29, 1.82) is 0 Å². The number of rotatable bonds is 3. The van der Waals surface area contributed by atoms with Crippen molar-refractivity contribution in [3.05, 3.63) is 29.3 Å². The first-order chi connectivity index (χ1) is 9.87. The lowest BCUT2D eigenvalue weighted by Gasteiger charge is -2.32. The summed E-state index contributed by atoms with van der Waals surface area (Å²) in [6, 6.07) is 4.44. The van der Waals surface area contributed by atoms with E-state index in [-0.39, 0.29) is 16.5 Å². The maximum Gasteiger partial charge on any atom is 0.338 e. The monoisotopic (exact) mass is 312 g/mol. The van der Waals surface area contributed by atoms with E-state index >= 15 is 0 Å². The molecule has 0 saturated carbocycles. The van der Waals surface area contributed by atoms with Gasteiger partial charge in [0.1, 0.15) is 0 Å². The molecule has 116 valence electrons. The largest absolute Gasteiger partial charge is 0.465 e. The minimum atomic E-state index is -3.61. The predicted octanol–water partition coefficient (Wildman–Crippen LogP) is 0.764. The highest BCUT2D eigenvalue weighted by Gasteiger charge is 2.31. The Labute approximate surface area is 125 Å². The van der Waals surface area contributed by atoms with Crippen LogP contribution in [0.25, 0.3) is 0 Å². The van der Waals surface area contributed by atoms with Crippen LogP contribution >= 0.6 is 0 Å². The molecule has 0 spiro atoms. The van der Waals surface area contributed by atoms with Crippen molar-refractivity contribution in [1.82, 2.24) is 9.62 Å². The molecule has 1 aromatic carbocycles. The lowest BCUT2D eigenvalue weighted by atomic mass is 10.1. The molecule has 1 atom stereocenters. The van der Waals surface area contributed by atoms with Crippen LogP contribution < -0.4 is 5.32 Å². The van der Waals surface area contributed by atoms with Crippen LogP contribution in [0.15, 0.2) is 23.1 Å². The lowest BCUT2D eigenvalue weighted by Crippen LogP contribution is -2.52. The number of hydrogen-bond donors (Lipinski definition) is 1. The average molecular weight is 312 g/mol. The van der Waals surface area contributed by atoms with Gasteiger partial charge in [0.15, 0.2) is 0 Å². The Bertz CT molecular complexity index is 642. The Morgan fingerprint density at radius 1 is 1.43 bits per heavy atom. The second-order valence-electron chi connectivity index (χ2n) is 5.14. The van der Waals surface area contributed by atoms with Crippen LogP contribution in [0.1, 0.15) is 22.8 Å². The molecule has 1 unspecified atom stereocenters. The number of aryl methyl sites for hydroxylation is 1. The van der Waals surface area contributed by atoms with Crippen molar-refractivity contribution >= 4 is 16.0 Å². The number of carbonyl (C=O) groups is 1. The van der Waals surface area contributed by atoms with Crippen LogP contribution in [-0.2, 0) is 14.8 Å². The van der Waals surface area contributed by atoms with E-state index in [4.69, 9.17) is 4.74 Å². The maximum absolute atomic E-state index is 12.7. The molecule has 1 aliphatic rings. The van der Waals surface area contributed by atoms with Gasteiger partial charge in [-0.15, -0.1) is 0 Å². The molecule has 1 aromatic rings. The molecule has 21 heavy (non-hydrogen) atoms. The van der Waals surface area contributed by atoms with Crippen molar-refractivity contribution in [2.24, 2.45) is 0 Å². The van der Waals surface area contributed by atoms with E-state index in [1.165, 1.54) is 23.5 Å². The summed E-state index contributed by atoms with van der Waals surface area (Å²) < 4.78 is 31.6. The molecule has 1 aliphatic heterocycles. The summed E-state index contributed by atoms with van der Waals surface area (Å²) in [4.78, 5) is 11.8. The van der Waals surface area contributed by atoms with Gasteiger partial charge in [0.2, 0.25) is 10.0 Å². The fraction of sp³-hybridized carbons (Fsp3) is 0.500. The molecular formula is C14H20N2O4S. The van der Waals surface area contributed by atoms with E-state index < -0.39 is 16.0 Å². The number of nitrogens with zero attached hydrogens (tertiary/aromatic N) is 1. The minimum Gasteiger partial charge on any atom is -0.465 e. The van der Waals surface area contributed by atoms with Gasteiger partial charge >= 0.3 is 5.97 Å². The molecule has 2 rings (SSSR count). The Kier molecular flexibility index (Phi) is 4.65. The third kappa shape index (κ3) is 3.09. The smallest absolute Gasteiger partial charge is 0.338 e. The maximum atomic E-state index is 12.7. The summed E-state index contributed by atoms with van der Waals surface area (Å²) in [5, 5.41) is 3.16. The molecule has 6 nitrogen and oxygen atoms in total. The molecule has 0 aliphatic carbocycles. The third-order valence-corrected chi connectivity index (χ3v) is 5.67. The number of carbonyl (C=O) groups excluding carboxylic acids is 1.